The molecule has 2 heterocycles. The van der Waals surface area contributed by atoms with Gasteiger partial charge >= 0.3 is 0 Å². The molecule has 2 fully saturated rings. The first-order chi connectivity index (χ1) is 17.7. The van der Waals surface area contributed by atoms with E-state index in [1.807, 2.05) is 18.5 Å². The first-order valence-electron chi connectivity index (χ1n) is 13.2. The van der Waals surface area contributed by atoms with E-state index in [-0.39, 0.29) is 6.10 Å². The van der Waals surface area contributed by atoms with Gasteiger partial charge in [0.1, 0.15) is 0 Å². The second kappa shape index (κ2) is 11.8. The van der Waals surface area contributed by atoms with Crippen molar-refractivity contribution in [3.63, 3.8) is 0 Å². The van der Waals surface area contributed by atoms with Crippen LogP contribution in [0.5, 0.6) is 11.5 Å². The molecule has 0 radical (unpaired) electrons. The molecular weight excluding hydrogens is 448 g/mol. The summed E-state index contributed by atoms with van der Waals surface area (Å²) in [4.78, 5) is 11.6. The number of nitrogens with zero attached hydrogens (tertiary/aromatic N) is 4. The van der Waals surface area contributed by atoms with Crippen molar-refractivity contribution in [3.8, 4) is 11.5 Å². The Labute approximate surface area is 215 Å². The summed E-state index contributed by atoms with van der Waals surface area (Å²) in [6, 6.07) is 19.1. The number of pyridine rings is 1. The van der Waals surface area contributed by atoms with Crippen LogP contribution in [0, 0.1) is 0 Å². The predicted octanol–water partition coefficient (Wildman–Crippen LogP) is 5.50. The van der Waals surface area contributed by atoms with E-state index in [0.717, 1.165) is 74.0 Å². The summed E-state index contributed by atoms with van der Waals surface area (Å²) in [5.74, 6) is 1.73. The summed E-state index contributed by atoms with van der Waals surface area (Å²) in [7, 11) is 3.97. The third-order valence-corrected chi connectivity index (χ3v) is 7.38. The van der Waals surface area contributed by atoms with Crippen LogP contribution in [0.4, 0.5) is 11.4 Å². The Balaban J connectivity index is 1.55. The number of hydrogen-bond donors (Lipinski definition) is 0. The van der Waals surface area contributed by atoms with Crippen LogP contribution in [0.15, 0.2) is 67.0 Å². The van der Waals surface area contributed by atoms with Gasteiger partial charge in [-0.1, -0.05) is 30.3 Å². The number of aromatic nitrogens is 1. The molecule has 1 aromatic heterocycles. The highest BCUT2D eigenvalue weighted by atomic mass is 16.5. The van der Waals surface area contributed by atoms with Crippen molar-refractivity contribution in [3.05, 3.63) is 78.1 Å². The lowest BCUT2D eigenvalue weighted by molar-refractivity contribution is 0.146. The summed E-state index contributed by atoms with van der Waals surface area (Å²) in [6.07, 6.45) is 8.63. The van der Waals surface area contributed by atoms with Gasteiger partial charge in [-0.3, -0.25) is 9.88 Å². The molecule has 3 aromatic rings. The average molecular weight is 487 g/mol. The van der Waals surface area contributed by atoms with Gasteiger partial charge in [-0.15, -0.1) is 0 Å². The maximum absolute atomic E-state index is 6.81. The maximum Gasteiger partial charge on any atom is 0.185 e. The fraction of sp³-hybridized carbons (Fsp3) is 0.433. The van der Waals surface area contributed by atoms with Crippen LogP contribution < -0.4 is 14.4 Å². The largest absolute Gasteiger partial charge is 0.492 e. The number of para-hydroxylation sites is 1. The fourth-order valence-corrected chi connectivity index (χ4v) is 5.29. The van der Waals surface area contributed by atoms with E-state index in [1.165, 1.54) is 18.4 Å². The van der Waals surface area contributed by atoms with Crippen molar-refractivity contribution >= 4 is 11.4 Å². The number of ether oxygens (including phenoxy) is 2. The Morgan fingerprint density at radius 3 is 2.39 bits per heavy atom. The number of piperazine rings is 1. The molecule has 36 heavy (non-hydrogen) atoms. The van der Waals surface area contributed by atoms with Gasteiger partial charge in [0.25, 0.3) is 0 Å². The van der Waals surface area contributed by atoms with Gasteiger partial charge in [0, 0.05) is 62.9 Å². The first kappa shape index (κ1) is 24.6. The van der Waals surface area contributed by atoms with Crippen molar-refractivity contribution in [2.45, 2.75) is 44.9 Å². The highest BCUT2D eigenvalue weighted by Gasteiger charge is 2.27. The van der Waals surface area contributed by atoms with Gasteiger partial charge in [-0.25, -0.2) is 0 Å². The van der Waals surface area contributed by atoms with Crippen LogP contribution in [-0.4, -0.2) is 61.2 Å². The molecule has 190 valence electrons. The first-order valence-corrected chi connectivity index (χ1v) is 13.2. The van der Waals surface area contributed by atoms with Gasteiger partial charge in [0.15, 0.2) is 11.5 Å². The lowest BCUT2D eigenvalue weighted by Gasteiger charge is -2.33. The zero-order valence-corrected chi connectivity index (χ0v) is 21.6. The van der Waals surface area contributed by atoms with Crippen molar-refractivity contribution in [2.75, 3.05) is 45.2 Å². The van der Waals surface area contributed by atoms with E-state index in [2.05, 4.69) is 75.3 Å². The third-order valence-electron chi connectivity index (χ3n) is 7.38. The van der Waals surface area contributed by atoms with Crippen LogP contribution in [0.1, 0.15) is 36.8 Å². The summed E-state index contributed by atoms with van der Waals surface area (Å²) in [5.41, 5.74) is 4.49. The topological polar surface area (TPSA) is 41.1 Å². The molecule has 0 atom stereocenters. The van der Waals surface area contributed by atoms with Crippen molar-refractivity contribution < 1.29 is 9.47 Å². The summed E-state index contributed by atoms with van der Waals surface area (Å²) >= 11 is 0. The molecule has 2 aromatic carbocycles. The Morgan fingerprint density at radius 2 is 1.69 bits per heavy atom. The zero-order valence-electron chi connectivity index (χ0n) is 21.6. The van der Waals surface area contributed by atoms with Crippen molar-refractivity contribution in [2.24, 2.45) is 0 Å². The summed E-state index contributed by atoms with van der Waals surface area (Å²) < 4.78 is 12.9. The summed E-state index contributed by atoms with van der Waals surface area (Å²) in [5, 5.41) is 0. The van der Waals surface area contributed by atoms with Crippen molar-refractivity contribution in [1.82, 2.24) is 14.8 Å². The molecule has 0 bridgehead atoms. The SMILES string of the molecule is COc1c(CN2CCN(C)CC2)ccc(N(Cc2cccnc2)c2ccccc2)c1OC1CCCC1. The second-order valence-electron chi connectivity index (χ2n) is 9.99. The number of rotatable bonds is 9. The minimum Gasteiger partial charge on any atom is -0.492 e. The molecule has 1 saturated heterocycles. The van der Waals surface area contributed by atoms with Crippen LogP contribution in [0.25, 0.3) is 0 Å². The lowest BCUT2D eigenvalue weighted by atomic mass is 10.1. The van der Waals surface area contributed by atoms with E-state index in [9.17, 15) is 0 Å². The zero-order chi connectivity index (χ0) is 24.7. The van der Waals surface area contributed by atoms with Crippen LogP contribution in [-0.2, 0) is 13.1 Å². The van der Waals surface area contributed by atoms with Crippen LogP contribution in [0.3, 0.4) is 0 Å². The normalized spacial score (nSPS) is 17.3. The molecule has 6 nitrogen and oxygen atoms in total. The predicted molar refractivity (Wildman–Crippen MR) is 145 cm³/mol. The molecular formula is C30H38N4O2. The molecule has 0 unspecified atom stereocenters. The van der Waals surface area contributed by atoms with E-state index >= 15 is 0 Å². The third kappa shape index (κ3) is 5.82. The quantitative estimate of drug-likeness (QED) is 0.398. The minimum absolute atomic E-state index is 0.229. The lowest BCUT2D eigenvalue weighted by Crippen LogP contribution is -2.43. The molecule has 0 spiro atoms. The number of hydrogen-bond acceptors (Lipinski definition) is 6. The van der Waals surface area contributed by atoms with Gasteiger partial charge in [-0.2, -0.15) is 0 Å². The Hall–Kier alpha value is -3.09. The molecule has 6 heteroatoms. The molecule has 0 N–H and O–H groups in total. The Bertz CT molecular complexity index is 1090. The molecule has 1 saturated carbocycles. The smallest absolute Gasteiger partial charge is 0.185 e. The second-order valence-corrected chi connectivity index (χ2v) is 9.99. The monoisotopic (exact) mass is 486 g/mol. The molecule has 0 amide bonds. The number of likely N-dealkylation sites (N-methyl/N-ethyl adjacent to an activating group) is 1. The van der Waals surface area contributed by atoms with Gasteiger partial charge in [0.2, 0.25) is 0 Å². The number of methoxy groups -OCH3 is 1. The molecule has 1 aliphatic heterocycles. The fourth-order valence-electron chi connectivity index (χ4n) is 5.29. The summed E-state index contributed by atoms with van der Waals surface area (Å²) in [6.45, 7) is 5.89. The Kier molecular flexibility index (Phi) is 8.04. The van der Waals surface area contributed by atoms with Gasteiger partial charge in [0.05, 0.1) is 18.9 Å². The van der Waals surface area contributed by atoms with Gasteiger partial charge in [-0.05, 0) is 62.6 Å². The number of benzene rings is 2. The van der Waals surface area contributed by atoms with Crippen molar-refractivity contribution in [1.29, 1.82) is 0 Å². The van der Waals surface area contributed by atoms with E-state index in [0.29, 0.717) is 6.54 Å². The minimum atomic E-state index is 0.229. The van der Waals surface area contributed by atoms with Crippen LogP contribution in [0.2, 0.25) is 0 Å². The van der Waals surface area contributed by atoms with Crippen LogP contribution >= 0.6 is 0 Å². The van der Waals surface area contributed by atoms with E-state index < -0.39 is 0 Å². The number of anilines is 2. The van der Waals surface area contributed by atoms with E-state index in [4.69, 9.17) is 9.47 Å². The highest BCUT2D eigenvalue weighted by Crippen LogP contribution is 2.45. The Morgan fingerprint density at radius 1 is 0.917 bits per heavy atom. The molecule has 2 aliphatic rings. The average Bonchev–Trinajstić information content (AvgIpc) is 3.43. The van der Waals surface area contributed by atoms with Gasteiger partial charge < -0.3 is 19.3 Å². The molecule has 5 rings (SSSR count). The molecule has 1 aliphatic carbocycles. The maximum atomic E-state index is 6.81. The standard InChI is InChI=1S/C30H38N4O2/c1-32-17-19-33(20-18-32)23-25-14-15-28(30(29(25)35-2)36-27-12-6-7-13-27)34(26-10-4-3-5-11-26)22-24-9-8-16-31-21-24/h3-5,8-11,14-16,21,27H,6-7,12-13,17-20,22-23H2,1-2H3. The van der Waals surface area contributed by atoms with E-state index in [1.54, 1.807) is 7.11 Å². The highest BCUT2D eigenvalue weighted by molar-refractivity contribution is 5.74.